The van der Waals surface area contributed by atoms with Gasteiger partial charge in [0.15, 0.2) is 30.1 Å². The van der Waals surface area contributed by atoms with Gasteiger partial charge in [-0.15, -0.1) is 0 Å². The molecule has 17 nitrogen and oxygen atoms in total. The molecule has 374 valence electrons. The third-order valence-electron chi connectivity index (χ3n) is 13.2. The topological polar surface area (TPSA) is 197 Å². The third kappa shape index (κ3) is 13.1. The monoisotopic (exact) mass is 955 g/mol. The molecule has 4 aliphatic heterocycles. The zero-order chi connectivity index (χ0) is 49.1. The van der Waals surface area contributed by atoms with Gasteiger partial charge in [-0.2, -0.15) is 0 Å². The van der Waals surface area contributed by atoms with Crippen molar-refractivity contribution in [3.05, 3.63) is 101 Å². The van der Waals surface area contributed by atoms with E-state index in [0.29, 0.717) is 39.0 Å². The number of aliphatic hydroxyl groups is 1. The van der Waals surface area contributed by atoms with Crippen LogP contribution in [0, 0.1) is 5.92 Å². The maximum Gasteiger partial charge on any atom is 0.306 e. The van der Waals surface area contributed by atoms with Crippen LogP contribution in [0.5, 0.6) is 0 Å². The molecular formula is C52H69N5O12. The van der Waals surface area contributed by atoms with Gasteiger partial charge in [0, 0.05) is 63.0 Å². The van der Waals surface area contributed by atoms with E-state index in [0.717, 1.165) is 22.3 Å². The van der Waals surface area contributed by atoms with Gasteiger partial charge in [0.05, 0.1) is 31.6 Å². The zero-order valence-corrected chi connectivity index (χ0v) is 40.8. The summed E-state index contributed by atoms with van der Waals surface area (Å²) in [5, 5.41) is 18.2. The maximum atomic E-state index is 14.6. The summed E-state index contributed by atoms with van der Waals surface area (Å²) in [6, 6.07) is 20.0. The fourth-order valence-corrected chi connectivity index (χ4v) is 10.1. The molecule has 1 aliphatic carbocycles. The van der Waals surface area contributed by atoms with Gasteiger partial charge in [-0.05, 0) is 89.6 Å². The highest BCUT2D eigenvalue weighted by atomic mass is 16.9. The molecule has 0 bridgehead atoms. The van der Waals surface area contributed by atoms with Crippen LogP contribution in [0.4, 0.5) is 0 Å². The Morgan fingerprint density at radius 3 is 2.30 bits per heavy atom. The minimum atomic E-state index is -0.958. The Morgan fingerprint density at radius 1 is 0.870 bits per heavy atom. The number of piperazine rings is 1. The standard InChI is InChI=1S/C52H69N5O12/c1-50(2,3)55-48(62)38-30-56(28-33-16-13-21-53-27-33)22-23-57(38)29-36(58)25-35(24-32-14-9-8-10-15-32)47(61)54-43-37-18-12-11-17-34(37)26-39(43)64-41(59)19-20-42(60)65-45-44(40-31-63-51(4,5)67-40)66-49-46(45)68-52(6,7)69-49/h8-18,21,27,35-36,38-40,43-46,49,58H,19-20,22-26,28-31H2,1-7H3,(H,54,61)(H,55,62)/t35-,36-,38-,39+,40+,43-,44+,45-,46+,49+/m0/s1. The number of β-amino-alcohol motifs (C(OH)–C–C–N with tert-alkyl or cyclic N) is 1. The van der Waals surface area contributed by atoms with Crippen molar-refractivity contribution < 1.29 is 57.4 Å². The SMILES string of the molecule is CC(C)(C)NC(=O)[C@@H]1CN(Cc2cccnc2)CCN1C[C@@H](O)C[C@H](Cc1ccccc1)C(=O)N[C@H]1c2ccccc2C[C@H]1OC(=O)CCC(=O)O[C@@H]1[C@H]2OC(C)(C)O[C@H]2O[C@@H]1[C@H]1COC(C)(C)O1. The number of aliphatic hydroxyl groups excluding tert-OH is 1. The Hall–Kier alpha value is -4.85. The molecule has 0 unspecified atom stereocenters. The number of pyridine rings is 1. The Morgan fingerprint density at radius 2 is 1.59 bits per heavy atom. The average molecular weight is 956 g/mol. The smallest absolute Gasteiger partial charge is 0.306 e. The second-order valence-electron chi connectivity index (χ2n) is 20.9. The number of fused-ring (bicyclic) bond motifs is 2. The first-order valence-corrected chi connectivity index (χ1v) is 24.3. The highest BCUT2D eigenvalue weighted by molar-refractivity contribution is 5.83. The first-order chi connectivity index (χ1) is 32.8. The van der Waals surface area contributed by atoms with Crippen LogP contribution in [-0.4, -0.2) is 142 Å². The summed E-state index contributed by atoms with van der Waals surface area (Å²) in [5.41, 5.74) is 3.26. The number of benzene rings is 2. The molecule has 17 heteroatoms. The van der Waals surface area contributed by atoms with Crippen LogP contribution in [0.2, 0.25) is 0 Å². The van der Waals surface area contributed by atoms with Gasteiger partial charge in [0.2, 0.25) is 11.8 Å². The summed E-state index contributed by atoms with van der Waals surface area (Å²) in [7, 11) is 0. The minimum absolute atomic E-state index is 0.117. The summed E-state index contributed by atoms with van der Waals surface area (Å²) in [5.74, 6) is -4.18. The first-order valence-electron chi connectivity index (χ1n) is 24.3. The van der Waals surface area contributed by atoms with Gasteiger partial charge in [0.1, 0.15) is 24.4 Å². The van der Waals surface area contributed by atoms with Gasteiger partial charge in [-0.25, -0.2) is 0 Å². The zero-order valence-electron chi connectivity index (χ0n) is 40.8. The van der Waals surface area contributed by atoms with Crippen LogP contribution >= 0.6 is 0 Å². The lowest BCUT2D eigenvalue weighted by atomic mass is 9.91. The third-order valence-corrected chi connectivity index (χ3v) is 13.2. The van der Waals surface area contributed by atoms with Gasteiger partial charge < -0.3 is 48.9 Å². The summed E-state index contributed by atoms with van der Waals surface area (Å²) in [4.78, 5) is 64.0. The number of aromatic nitrogens is 1. The lowest BCUT2D eigenvalue weighted by Gasteiger charge is -2.42. The minimum Gasteiger partial charge on any atom is -0.459 e. The largest absolute Gasteiger partial charge is 0.459 e. The molecule has 0 spiro atoms. The number of carbonyl (C=O) groups excluding carboxylic acids is 4. The fourth-order valence-electron chi connectivity index (χ4n) is 10.1. The Labute approximate surface area is 404 Å². The van der Waals surface area contributed by atoms with Crippen molar-refractivity contribution in [1.82, 2.24) is 25.4 Å². The summed E-state index contributed by atoms with van der Waals surface area (Å²) in [6.07, 6.45) is -1.51. The number of rotatable bonds is 17. The molecule has 3 aromatic rings. The van der Waals surface area contributed by atoms with E-state index >= 15 is 0 Å². The van der Waals surface area contributed by atoms with Crippen LogP contribution in [0.3, 0.4) is 0 Å². The van der Waals surface area contributed by atoms with Crippen LogP contribution in [-0.2, 0) is 71.7 Å². The molecule has 8 rings (SSSR count). The van der Waals surface area contributed by atoms with Gasteiger partial charge >= 0.3 is 11.9 Å². The lowest BCUT2D eigenvalue weighted by molar-refractivity contribution is -0.235. The highest BCUT2D eigenvalue weighted by Gasteiger charge is 2.60. The molecule has 3 N–H and O–H groups in total. The number of nitrogens with zero attached hydrogens (tertiary/aromatic N) is 3. The number of hydrogen-bond donors (Lipinski definition) is 3. The molecule has 0 saturated carbocycles. The van der Waals surface area contributed by atoms with Gasteiger partial charge in [0.25, 0.3) is 0 Å². The molecule has 10 atom stereocenters. The molecule has 5 aliphatic rings. The predicted octanol–water partition coefficient (Wildman–Crippen LogP) is 4.14. The quantitative estimate of drug-likeness (QED) is 0.163. The van der Waals surface area contributed by atoms with E-state index in [9.17, 15) is 24.3 Å². The molecule has 2 amide bonds. The number of carbonyl (C=O) groups is 4. The number of nitrogens with one attached hydrogen (secondary N) is 2. The van der Waals surface area contributed by atoms with E-state index in [4.69, 9.17) is 33.2 Å². The van der Waals surface area contributed by atoms with E-state index in [-0.39, 0.29) is 44.2 Å². The van der Waals surface area contributed by atoms with E-state index in [1.807, 2.05) is 98.6 Å². The van der Waals surface area contributed by atoms with Crippen LogP contribution in [0.15, 0.2) is 79.1 Å². The highest BCUT2D eigenvalue weighted by Crippen LogP contribution is 2.42. The van der Waals surface area contributed by atoms with Crippen molar-refractivity contribution in [2.75, 3.05) is 32.8 Å². The summed E-state index contributed by atoms with van der Waals surface area (Å²) >= 11 is 0. The predicted molar refractivity (Wildman–Crippen MR) is 251 cm³/mol. The molecule has 4 saturated heterocycles. The molecule has 69 heavy (non-hydrogen) atoms. The van der Waals surface area contributed by atoms with Crippen LogP contribution < -0.4 is 10.6 Å². The van der Waals surface area contributed by atoms with Crippen molar-refractivity contribution in [1.29, 1.82) is 0 Å². The molecule has 0 radical (unpaired) electrons. The molecular weight excluding hydrogens is 887 g/mol. The molecule has 5 heterocycles. The van der Waals surface area contributed by atoms with Gasteiger partial charge in [-0.3, -0.25) is 34.0 Å². The van der Waals surface area contributed by atoms with E-state index in [1.54, 1.807) is 33.9 Å². The van der Waals surface area contributed by atoms with Crippen molar-refractivity contribution in [2.45, 2.75) is 159 Å². The fraction of sp³-hybridized carbons (Fsp3) is 0.596. The number of amides is 2. The molecule has 2 aromatic carbocycles. The van der Waals surface area contributed by atoms with Crippen LogP contribution in [0.1, 0.15) is 96.0 Å². The summed E-state index contributed by atoms with van der Waals surface area (Å²) in [6.45, 7) is 15.7. The maximum absolute atomic E-state index is 14.6. The number of hydrogen-bond acceptors (Lipinski definition) is 15. The Bertz CT molecular complexity index is 2260. The lowest BCUT2D eigenvalue weighted by Crippen LogP contribution is -2.61. The van der Waals surface area contributed by atoms with E-state index < -0.39 is 90.0 Å². The summed E-state index contributed by atoms with van der Waals surface area (Å²) < 4.78 is 42.0. The Balaban J connectivity index is 0.913. The molecule has 4 fully saturated rings. The Kier molecular flexibility index (Phi) is 15.6. The first kappa shape index (κ1) is 50.5. The average Bonchev–Trinajstić information content (AvgIpc) is 4.01. The van der Waals surface area contributed by atoms with E-state index in [2.05, 4.69) is 20.5 Å². The van der Waals surface area contributed by atoms with E-state index in [1.165, 1.54) is 0 Å². The number of esters is 2. The normalized spacial score (nSPS) is 28.3. The van der Waals surface area contributed by atoms with Crippen LogP contribution in [0.25, 0.3) is 0 Å². The van der Waals surface area contributed by atoms with Crippen molar-refractivity contribution >= 4 is 23.8 Å². The second kappa shape index (κ2) is 21.2. The van der Waals surface area contributed by atoms with Crippen molar-refractivity contribution in [3.8, 4) is 0 Å². The van der Waals surface area contributed by atoms with Crippen molar-refractivity contribution in [2.24, 2.45) is 5.92 Å². The molecule has 1 aromatic heterocycles. The van der Waals surface area contributed by atoms with Crippen molar-refractivity contribution in [3.63, 3.8) is 0 Å². The van der Waals surface area contributed by atoms with Gasteiger partial charge in [-0.1, -0.05) is 60.7 Å². The number of ether oxygens (including phenoxy) is 7. The second-order valence-corrected chi connectivity index (χ2v) is 20.9.